The Morgan fingerprint density at radius 3 is 2.16 bits per heavy atom. The highest BCUT2D eigenvalue weighted by Gasteiger charge is 2.33. The summed E-state index contributed by atoms with van der Waals surface area (Å²) in [6.07, 6.45) is 1.97. The van der Waals surface area contributed by atoms with Crippen LogP contribution in [-0.2, 0) is 26.2 Å². The predicted octanol–water partition coefficient (Wildman–Crippen LogP) is 4.50. The van der Waals surface area contributed by atoms with Crippen LogP contribution in [0.3, 0.4) is 0 Å². The summed E-state index contributed by atoms with van der Waals surface area (Å²) in [5.74, 6) is -0.320. The fraction of sp³-hybridized carbons (Fsp3) is 0.462. The number of sulfonamides is 1. The number of amides is 2. The fourth-order valence-electron chi connectivity index (χ4n) is 3.80. The molecular weight excluding hydrogens is 553 g/mol. The molecule has 0 aliphatic carbocycles. The van der Waals surface area contributed by atoms with Crippen LogP contribution in [0.4, 0.5) is 5.69 Å². The number of halogens is 2. The second-order valence-corrected chi connectivity index (χ2v) is 11.5. The van der Waals surface area contributed by atoms with Gasteiger partial charge < -0.3 is 19.7 Å². The van der Waals surface area contributed by atoms with Crippen molar-refractivity contribution in [1.82, 2.24) is 10.2 Å². The van der Waals surface area contributed by atoms with Crippen LogP contribution >= 0.6 is 23.2 Å². The molecule has 0 aliphatic heterocycles. The molecule has 2 amide bonds. The lowest BCUT2D eigenvalue weighted by Gasteiger charge is -2.34. The van der Waals surface area contributed by atoms with E-state index in [-0.39, 0.29) is 36.4 Å². The van der Waals surface area contributed by atoms with E-state index >= 15 is 0 Å². The third-order valence-corrected chi connectivity index (χ3v) is 7.95. The number of hydrogen-bond donors (Lipinski definition) is 1. The van der Waals surface area contributed by atoms with Gasteiger partial charge in [-0.3, -0.25) is 13.9 Å². The van der Waals surface area contributed by atoms with Crippen LogP contribution in [0.15, 0.2) is 36.4 Å². The standard InChI is InChI=1S/C26H35Cl2N3O6S/c1-7-17(3)29-26(33)22(8-2)30(15-19-20(27)10-9-11-21(19)28)25(32)16-31(38(6,34)35)23-13-12-18(36-4)14-24(23)37-5/h9-14,17,22H,7-8,15-16H2,1-6H3,(H,29,33)/t17-,22+/m1/s1. The van der Waals surface area contributed by atoms with Crippen molar-refractivity contribution in [2.24, 2.45) is 0 Å². The zero-order valence-corrected chi connectivity index (χ0v) is 24.8. The molecule has 0 radical (unpaired) electrons. The van der Waals surface area contributed by atoms with E-state index in [0.717, 1.165) is 10.6 Å². The Morgan fingerprint density at radius 1 is 1.03 bits per heavy atom. The lowest BCUT2D eigenvalue weighted by Crippen LogP contribution is -2.53. The van der Waals surface area contributed by atoms with Crippen molar-refractivity contribution in [2.75, 3.05) is 31.3 Å². The minimum Gasteiger partial charge on any atom is -0.497 e. The van der Waals surface area contributed by atoms with Crippen molar-refractivity contribution >= 4 is 50.7 Å². The van der Waals surface area contributed by atoms with E-state index in [2.05, 4.69) is 5.32 Å². The van der Waals surface area contributed by atoms with Crippen LogP contribution in [0.1, 0.15) is 39.2 Å². The second-order valence-electron chi connectivity index (χ2n) is 8.77. The molecule has 2 atom stereocenters. The summed E-state index contributed by atoms with van der Waals surface area (Å²) in [6, 6.07) is 8.51. The lowest BCUT2D eigenvalue weighted by atomic mass is 10.1. The molecule has 1 N–H and O–H groups in total. The Bertz CT molecular complexity index is 1220. The van der Waals surface area contributed by atoms with Gasteiger partial charge in [0.25, 0.3) is 0 Å². The molecule has 38 heavy (non-hydrogen) atoms. The van der Waals surface area contributed by atoms with E-state index in [0.29, 0.717) is 27.8 Å². The Balaban J connectivity index is 2.57. The van der Waals surface area contributed by atoms with Crippen molar-refractivity contribution in [1.29, 1.82) is 0 Å². The smallest absolute Gasteiger partial charge is 0.244 e. The number of nitrogens with one attached hydrogen (secondary N) is 1. The van der Waals surface area contributed by atoms with Gasteiger partial charge in [0.05, 0.1) is 26.2 Å². The maximum Gasteiger partial charge on any atom is 0.244 e. The molecule has 0 aliphatic rings. The summed E-state index contributed by atoms with van der Waals surface area (Å²) >= 11 is 12.8. The minimum absolute atomic E-state index is 0.0961. The number of rotatable bonds is 13. The van der Waals surface area contributed by atoms with E-state index < -0.39 is 28.5 Å². The molecule has 0 unspecified atom stereocenters. The molecule has 0 saturated heterocycles. The van der Waals surface area contributed by atoms with Crippen LogP contribution in [0.2, 0.25) is 10.0 Å². The number of methoxy groups -OCH3 is 2. The van der Waals surface area contributed by atoms with Gasteiger partial charge in [-0.05, 0) is 44.0 Å². The first-order valence-electron chi connectivity index (χ1n) is 12.1. The zero-order valence-electron chi connectivity index (χ0n) is 22.5. The molecule has 2 aromatic rings. The quantitative estimate of drug-likeness (QED) is 0.370. The molecule has 2 aromatic carbocycles. The van der Waals surface area contributed by atoms with Gasteiger partial charge in [-0.2, -0.15) is 0 Å². The van der Waals surface area contributed by atoms with Crippen molar-refractivity contribution in [3.63, 3.8) is 0 Å². The molecule has 12 heteroatoms. The third kappa shape index (κ3) is 7.91. The van der Waals surface area contributed by atoms with Gasteiger partial charge in [0.2, 0.25) is 21.8 Å². The van der Waals surface area contributed by atoms with E-state index in [1.54, 1.807) is 31.2 Å². The molecule has 0 spiro atoms. The normalized spacial score (nSPS) is 12.8. The Morgan fingerprint density at radius 2 is 1.66 bits per heavy atom. The molecule has 0 saturated carbocycles. The molecule has 0 fully saturated rings. The number of benzene rings is 2. The largest absolute Gasteiger partial charge is 0.497 e. The van der Waals surface area contributed by atoms with Gasteiger partial charge in [-0.15, -0.1) is 0 Å². The molecular formula is C26H35Cl2N3O6S. The van der Waals surface area contributed by atoms with Gasteiger partial charge in [0.15, 0.2) is 0 Å². The third-order valence-electron chi connectivity index (χ3n) is 6.11. The first kappa shape index (κ1) is 31.5. The zero-order chi connectivity index (χ0) is 28.6. The molecule has 0 aromatic heterocycles. The van der Waals surface area contributed by atoms with Crippen molar-refractivity contribution in [3.05, 3.63) is 52.0 Å². The minimum atomic E-state index is -3.95. The van der Waals surface area contributed by atoms with Crippen molar-refractivity contribution in [2.45, 2.75) is 52.2 Å². The summed E-state index contributed by atoms with van der Waals surface area (Å²) in [6.45, 7) is 4.89. The number of hydrogen-bond acceptors (Lipinski definition) is 6. The summed E-state index contributed by atoms with van der Waals surface area (Å²) in [4.78, 5) is 28.4. The topological polar surface area (TPSA) is 105 Å². The van der Waals surface area contributed by atoms with Crippen molar-refractivity contribution in [3.8, 4) is 11.5 Å². The lowest BCUT2D eigenvalue weighted by molar-refractivity contribution is -0.140. The monoisotopic (exact) mass is 587 g/mol. The fourth-order valence-corrected chi connectivity index (χ4v) is 5.17. The second kappa shape index (κ2) is 13.9. The predicted molar refractivity (Wildman–Crippen MR) is 151 cm³/mol. The van der Waals surface area contributed by atoms with Gasteiger partial charge in [0, 0.05) is 34.3 Å². The number of carbonyl (C=O) groups excluding carboxylic acids is 2. The van der Waals surface area contributed by atoms with E-state index in [9.17, 15) is 18.0 Å². The first-order valence-corrected chi connectivity index (χ1v) is 14.7. The molecule has 0 bridgehead atoms. The van der Waals surface area contributed by atoms with Crippen molar-refractivity contribution < 1.29 is 27.5 Å². The van der Waals surface area contributed by atoms with Crippen LogP contribution in [0, 0.1) is 0 Å². The molecule has 9 nitrogen and oxygen atoms in total. The SMILES string of the molecule is CC[C@@H](C)NC(=O)[C@H](CC)N(Cc1c(Cl)cccc1Cl)C(=O)CN(c1ccc(OC)cc1OC)S(C)(=O)=O. The van der Waals surface area contributed by atoms with Gasteiger partial charge in [0.1, 0.15) is 24.1 Å². The van der Waals surface area contributed by atoms with Crippen LogP contribution in [0.25, 0.3) is 0 Å². The van der Waals surface area contributed by atoms with Gasteiger partial charge in [-0.25, -0.2) is 8.42 Å². The Kier molecular flexibility index (Phi) is 11.5. The molecule has 210 valence electrons. The van der Waals surface area contributed by atoms with Gasteiger partial charge in [-0.1, -0.05) is 43.1 Å². The number of anilines is 1. The van der Waals surface area contributed by atoms with E-state index in [1.165, 1.54) is 31.3 Å². The summed E-state index contributed by atoms with van der Waals surface area (Å²) in [5.41, 5.74) is 0.601. The highest BCUT2D eigenvalue weighted by atomic mass is 35.5. The summed E-state index contributed by atoms with van der Waals surface area (Å²) in [5, 5.41) is 3.56. The average molecular weight is 589 g/mol. The van der Waals surface area contributed by atoms with Crippen LogP contribution < -0.4 is 19.1 Å². The van der Waals surface area contributed by atoms with E-state index in [1.807, 2.05) is 13.8 Å². The Hall–Kier alpha value is -2.69. The van der Waals surface area contributed by atoms with Crippen LogP contribution in [0.5, 0.6) is 11.5 Å². The van der Waals surface area contributed by atoms with Crippen LogP contribution in [-0.4, -0.2) is 64.2 Å². The number of nitrogens with zero attached hydrogens (tertiary/aromatic N) is 2. The highest BCUT2D eigenvalue weighted by Crippen LogP contribution is 2.34. The maximum absolute atomic E-state index is 13.9. The maximum atomic E-state index is 13.9. The summed E-state index contributed by atoms with van der Waals surface area (Å²) < 4.78 is 37.3. The highest BCUT2D eigenvalue weighted by molar-refractivity contribution is 7.92. The molecule has 2 rings (SSSR count). The van der Waals surface area contributed by atoms with Gasteiger partial charge >= 0.3 is 0 Å². The molecule has 0 heterocycles. The Labute approximate surface area is 235 Å². The summed E-state index contributed by atoms with van der Waals surface area (Å²) in [7, 11) is -1.09. The number of carbonyl (C=O) groups is 2. The average Bonchev–Trinajstić information content (AvgIpc) is 2.87. The first-order chi connectivity index (χ1) is 17.9. The number of ether oxygens (including phenoxy) is 2. The van der Waals surface area contributed by atoms with E-state index in [4.69, 9.17) is 32.7 Å².